The molecule has 0 aliphatic carbocycles. The van der Waals surface area contributed by atoms with Gasteiger partial charge in [-0.15, -0.1) is 24.0 Å². The zero-order valence-corrected chi connectivity index (χ0v) is 22.0. The molecule has 30 heavy (non-hydrogen) atoms. The third kappa shape index (κ3) is 11.2. The molecule has 2 N–H and O–H groups in total. The number of unbranched alkanes of at least 4 members (excludes halogenated alkanes) is 4. The van der Waals surface area contributed by atoms with Crippen LogP contribution < -0.4 is 10.6 Å². The lowest BCUT2D eigenvalue weighted by Gasteiger charge is -2.18. The van der Waals surface area contributed by atoms with Crippen LogP contribution in [-0.2, 0) is 23.0 Å². The van der Waals surface area contributed by atoms with Gasteiger partial charge in [-0.3, -0.25) is 14.5 Å². The number of guanidine groups is 1. The monoisotopic (exact) mass is 535 g/mol. The van der Waals surface area contributed by atoms with Gasteiger partial charge in [0, 0.05) is 38.3 Å². The highest BCUT2D eigenvalue weighted by atomic mass is 127. The molecule has 7 nitrogen and oxygen atoms in total. The first-order valence-corrected chi connectivity index (χ1v) is 11.1. The van der Waals surface area contributed by atoms with Crippen LogP contribution in [0.1, 0.15) is 76.2 Å². The number of rotatable bonds is 13. The minimum Gasteiger partial charge on any atom is -0.466 e. The minimum atomic E-state index is -0.0794. The lowest BCUT2D eigenvalue weighted by molar-refractivity contribution is -0.143. The second kappa shape index (κ2) is 16.4. The van der Waals surface area contributed by atoms with Gasteiger partial charge in [-0.05, 0) is 59.4 Å². The van der Waals surface area contributed by atoms with Crippen molar-refractivity contribution in [1.82, 2.24) is 20.4 Å². The van der Waals surface area contributed by atoms with Crippen molar-refractivity contribution in [3.63, 3.8) is 0 Å². The molecule has 1 aromatic heterocycles. The number of hydrogen-bond acceptors (Lipinski definition) is 4. The smallest absolute Gasteiger partial charge is 0.305 e. The second-order valence-corrected chi connectivity index (χ2v) is 7.61. The van der Waals surface area contributed by atoms with Crippen LogP contribution in [0.4, 0.5) is 0 Å². The second-order valence-electron chi connectivity index (χ2n) is 7.61. The first kappa shape index (κ1) is 28.7. The average Bonchev–Trinajstić information content (AvgIpc) is 2.90. The van der Waals surface area contributed by atoms with Crippen LogP contribution in [0.3, 0.4) is 0 Å². The van der Waals surface area contributed by atoms with E-state index in [0.717, 1.165) is 63.3 Å². The molecule has 1 rings (SSSR count). The van der Waals surface area contributed by atoms with Gasteiger partial charge in [-0.25, -0.2) is 0 Å². The van der Waals surface area contributed by atoms with E-state index in [1.54, 1.807) is 0 Å². The van der Waals surface area contributed by atoms with Gasteiger partial charge < -0.3 is 15.4 Å². The molecule has 1 unspecified atom stereocenters. The van der Waals surface area contributed by atoms with E-state index < -0.39 is 0 Å². The molecule has 0 radical (unpaired) electrons. The summed E-state index contributed by atoms with van der Waals surface area (Å²) in [5.74, 6) is 0.797. The molecule has 1 atom stereocenters. The van der Waals surface area contributed by atoms with Gasteiger partial charge in [0.25, 0.3) is 0 Å². The maximum absolute atomic E-state index is 11.3. The summed E-state index contributed by atoms with van der Waals surface area (Å²) in [5.41, 5.74) is 3.63. The first-order valence-electron chi connectivity index (χ1n) is 11.1. The maximum Gasteiger partial charge on any atom is 0.305 e. The number of aromatic nitrogens is 2. The lowest BCUT2D eigenvalue weighted by Crippen LogP contribution is -2.43. The number of nitrogens with one attached hydrogen (secondary N) is 2. The lowest BCUT2D eigenvalue weighted by atomic mass is 10.1. The minimum absolute atomic E-state index is 0. The van der Waals surface area contributed by atoms with Gasteiger partial charge in [-0.2, -0.15) is 5.10 Å². The number of aliphatic imine (C=N–C) groups is 1. The van der Waals surface area contributed by atoms with E-state index in [0.29, 0.717) is 13.0 Å². The highest BCUT2D eigenvalue weighted by Gasteiger charge is 2.13. The Balaban J connectivity index is 0.00000841. The number of nitrogens with zero attached hydrogens (tertiary/aromatic N) is 3. The Morgan fingerprint density at radius 2 is 1.83 bits per heavy atom. The highest BCUT2D eigenvalue weighted by molar-refractivity contribution is 14.0. The van der Waals surface area contributed by atoms with Crippen molar-refractivity contribution < 1.29 is 9.53 Å². The van der Waals surface area contributed by atoms with Crippen LogP contribution in [0, 0.1) is 13.8 Å². The van der Waals surface area contributed by atoms with E-state index in [4.69, 9.17) is 9.73 Å². The number of ether oxygens (including phenoxy) is 1. The van der Waals surface area contributed by atoms with E-state index in [9.17, 15) is 4.79 Å². The molecule has 0 aromatic carbocycles. The number of carbonyl (C=O) groups excluding carboxylic acids is 1. The number of halogens is 1. The van der Waals surface area contributed by atoms with Crippen molar-refractivity contribution >= 4 is 35.9 Å². The van der Waals surface area contributed by atoms with Crippen molar-refractivity contribution in [1.29, 1.82) is 0 Å². The molecule has 174 valence electrons. The SMILES string of the molecule is CCNC(=NCCCCCCCC(=O)OCC)NC(C)Cc1c(C)nn(C)c1C.I. The first-order chi connectivity index (χ1) is 13.9. The van der Waals surface area contributed by atoms with Gasteiger partial charge in [0.2, 0.25) is 0 Å². The summed E-state index contributed by atoms with van der Waals surface area (Å²) in [6.45, 7) is 12.4. The number of esters is 1. The number of aryl methyl sites for hydroxylation is 2. The van der Waals surface area contributed by atoms with E-state index in [2.05, 4.69) is 43.4 Å². The maximum atomic E-state index is 11.3. The predicted molar refractivity (Wildman–Crippen MR) is 135 cm³/mol. The summed E-state index contributed by atoms with van der Waals surface area (Å²) < 4.78 is 6.89. The summed E-state index contributed by atoms with van der Waals surface area (Å²) in [7, 11) is 1.99. The molecular formula is C22H42IN5O2. The quantitative estimate of drug-likeness (QED) is 0.131. The summed E-state index contributed by atoms with van der Waals surface area (Å²) in [5, 5.41) is 11.4. The summed E-state index contributed by atoms with van der Waals surface area (Å²) >= 11 is 0. The van der Waals surface area contributed by atoms with E-state index in [1.807, 2.05) is 18.7 Å². The normalized spacial score (nSPS) is 12.3. The van der Waals surface area contributed by atoms with Crippen molar-refractivity contribution in [2.75, 3.05) is 19.7 Å². The molecule has 1 heterocycles. The fourth-order valence-electron chi connectivity index (χ4n) is 3.36. The predicted octanol–water partition coefficient (Wildman–Crippen LogP) is 4.04. The number of carbonyl (C=O) groups is 1. The largest absolute Gasteiger partial charge is 0.466 e. The van der Waals surface area contributed by atoms with E-state index >= 15 is 0 Å². The Morgan fingerprint density at radius 3 is 2.43 bits per heavy atom. The van der Waals surface area contributed by atoms with Crippen LogP contribution in [0.5, 0.6) is 0 Å². The molecule has 1 aromatic rings. The van der Waals surface area contributed by atoms with Crippen molar-refractivity contribution in [2.24, 2.45) is 12.0 Å². The zero-order chi connectivity index (χ0) is 21.6. The van der Waals surface area contributed by atoms with Gasteiger partial charge in [0.15, 0.2) is 5.96 Å². The third-order valence-corrected chi connectivity index (χ3v) is 5.01. The Hall–Kier alpha value is -1.32. The molecule has 0 aliphatic rings. The van der Waals surface area contributed by atoms with Crippen molar-refractivity contribution in [3.8, 4) is 0 Å². The summed E-state index contributed by atoms with van der Waals surface area (Å²) in [4.78, 5) is 16.0. The molecular weight excluding hydrogens is 493 g/mol. The standard InChI is InChI=1S/C22H41N5O2.HI/c1-7-23-22(24-15-13-11-9-10-12-14-21(28)29-8-2)25-17(3)16-20-18(4)26-27(6)19(20)5;/h17H,7-16H2,1-6H3,(H2,23,24,25);1H. The Labute approximate surface area is 199 Å². The molecule has 0 saturated carbocycles. The average molecular weight is 536 g/mol. The van der Waals surface area contributed by atoms with Crippen molar-refractivity contribution in [3.05, 3.63) is 17.0 Å². The Bertz CT molecular complexity index is 646. The molecule has 0 bridgehead atoms. The topological polar surface area (TPSA) is 80.5 Å². The van der Waals surface area contributed by atoms with Gasteiger partial charge in [-0.1, -0.05) is 19.3 Å². The molecule has 0 spiro atoms. The van der Waals surface area contributed by atoms with Crippen LogP contribution in [0.2, 0.25) is 0 Å². The van der Waals surface area contributed by atoms with E-state index in [-0.39, 0.29) is 36.0 Å². The summed E-state index contributed by atoms with van der Waals surface area (Å²) in [6, 6.07) is 0.275. The number of hydrogen-bond donors (Lipinski definition) is 2. The Morgan fingerprint density at radius 1 is 1.17 bits per heavy atom. The highest BCUT2D eigenvalue weighted by Crippen LogP contribution is 2.14. The molecule has 8 heteroatoms. The van der Waals surface area contributed by atoms with Crippen LogP contribution in [0.15, 0.2) is 4.99 Å². The molecule has 0 saturated heterocycles. The Kier molecular flexibility index (Phi) is 15.7. The van der Waals surface area contributed by atoms with Crippen LogP contribution in [-0.4, -0.2) is 47.4 Å². The summed E-state index contributed by atoms with van der Waals surface area (Å²) in [6.07, 6.45) is 6.78. The van der Waals surface area contributed by atoms with Crippen molar-refractivity contribution in [2.45, 2.75) is 85.6 Å². The fourth-order valence-corrected chi connectivity index (χ4v) is 3.36. The molecule has 0 amide bonds. The van der Waals surface area contributed by atoms with E-state index in [1.165, 1.54) is 11.3 Å². The van der Waals surface area contributed by atoms with Gasteiger partial charge in [0.1, 0.15) is 0 Å². The van der Waals surface area contributed by atoms with Gasteiger partial charge in [0.05, 0.1) is 12.3 Å². The zero-order valence-electron chi connectivity index (χ0n) is 19.7. The molecule has 0 aliphatic heterocycles. The van der Waals surface area contributed by atoms with Crippen LogP contribution in [0.25, 0.3) is 0 Å². The molecule has 0 fully saturated rings. The fraction of sp³-hybridized carbons (Fsp3) is 0.773. The van der Waals surface area contributed by atoms with Gasteiger partial charge >= 0.3 is 5.97 Å². The van der Waals surface area contributed by atoms with Crippen LogP contribution >= 0.6 is 24.0 Å². The third-order valence-electron chi connectivity index (χ3n) is 5.01.